The Hall–Kier alpha value is -2.07. The summed E-state index contributed by atoms with van der Waals surface area (Å²) < 4.78 is 0. The predicted octanol–water partition coefficient (Wildman–Crippen LogP) is 3.09. The minimum Gasteiger partial charge on any atom is -0.480 e. The number of para-hydroxylation sites is 1. The highest BCUT2D eigenvalue weighted by Gasteiger charge is 2.59. The van der Waals surface area contributed by atoms with Gasteiger partial charge in [0.1, 0.15) is 5.41 Å². The van der Waals surface area contributed by atoms with Crippen LogP contribution in [0.5, 0.6) is 0 Å². The molecule has 2 unspecified atom stereocenters. The summed E-state index contributed by atoms with van der Waals surface area (Å²) in [5.41, 5.74) is 3.74. The Morgan fingerprint density at radius 2 is 2.25 bits per heavy atom. The molecule has 1 fully saturated rings. The lowest BCUT2D eigenvalue weighted by Gasteiger charge is -2.53. The number of fused-ring (bicyclic) bond motifs is 3. The molecule has 4 atom stereocenters. The summed E-state index contributed by atoms with van der Waals surface area (Å²) in [6, 6.07) is 8.25. The number of hydrogen-bond acceptors (Lipinski definition) is 2. The highest BCUT2D eigenvalue weighted by molar-refractivity contribution is 5.91. The van der Waals surface area contributed by atoms with Gasteiger partial charge in [0.25, 0.3) is 0 Å². The van der Waals surface area contributed by atoms with E-state index in [1.807, 2.05) is 12.1 Å². The topological polar surface area (TPSA) is 56.3 Å². The molecular formula is C20H22N2O2. The van der Waals surface area contributed by atoms with Crippen molar-refractivity contribution in [2.75, 3.05) is 13.1 Å². The molecule has 1 aromatic heterocycles. The molecule has 4 heterocycles. The zero-order valence-corrected chi connectivity index (χ0v) is 13.9. The largest absolute Gasteiger partial charge is 0.480 e. The van der Waals surface area contributed by atoms with Crippen LogP contribution in [0, 0.1) is 5.92 Å². The van der Waals surface area contributed by atoms with E-state index < -0.39 is 11.4 Å². The number of H-pyrrole nitrogens is 1. The van der Waals surface area contributed by atoms with Gasteiger partial charge in [0.15, 0.2) is 0 Å². The number of benzene rings is 1. The summed E-state index contributed by atoms with van der Waals surface area (Å²) in [5.74, 6) is -0.325. The fourth-order valence-corrected chi connectivity index (χ4v) is 5.54. The Kier molecular flexibility index (Phi) is 2.82. The van der Waals surface area contributed by atoms with Crippen LogP contribution >= 0.6 is 0 Å². The Labute approximate surface area is 141 Å². The number of carboxylic acids is 1. The minimum absolute atomic E-state index is 0.000637. The first kappa shape index (κ1) is 14.3. The molecule has 0 amide bonds. The predicted molar refractivity (Wildman–Crippen MR) is 93.2 cm³/mol. The fourth-order valence-electron chi connectivity index (χ4n) is 5.54. The molecule has 0 radical (unpaired) electrons. The molecule has 4 aliphatic rings. The average molecular weight is 322 g/mol. The van der Waals surface area contributed by atoms with E-state index in [4.69, 9.17) is 0 Å². The third-order valence-electron chi connectivity index (χ3n) is 6.38. The van der Waals surface area contributed by atoms with Gasteiger partial charge in [-0.2, -0.15) is 0 Å². The van der Waals surface area contributed by atoms with Gasteiger partial charge >= 0.3 is 5.97 Å². The van der Waals surface area contributed by atoms with E-state index in [0.29, 0.717) is 12.3 Å². The molecule has 1 aromatic carbocycles. The van der Waals surface area contributed by atoms with Crippen LogP contribution in [0.2, 0.25) is 0 Å². The van der Waals surface area contributed by atoms with Crippen molar-refractivity contribution in [1.82, 2.24) is 9.88 Å². The maximum atomic E-state index is 12.7. The summed E-state index contributed by atoms with van der Waals surface area (Å²) in [4.78, 5) is 18.6. The highest BCUT2D eigenvalue weighted by Crippen LogP contribution is 2.52. The lowest BCUT2D eigenvalue weighted by atomic mass is 9.60. The van der Waals surface area contributed by atoms with E-state index in [1.54, 1.807) is 0 Å². The summed E-state index contributed by atoms with van der Waals surface area (Å²) in [6.07, 6.45) is 4.93. The number of hydrogen-bond donors (Lipinski definition) is 2. The maximum Gasteiger partial charge on any atom is 0.317 e. The molecule has 2 aromatic rings. The number of aromatic nitrogens is 1. The monoisotopic (exact) mass is 322 g/mol. The van der Waals surface area contributed by atoms with Crippen LogP contribution in [0.1, 0.15) is 31.0 Å². The number of aliphatic carboxylic acids is 1. The summed E-state index contributed by atoms with van der Waals surface area (Å²) in [7, 11) is 0. The number of nitrogens with one attached hydrogen (secondary N) is 1. The van der Waals surface area contributed by atoms with Gasteiger partial charge in [-0.25, -0.2) is 0 Å². The van der Waals surface area contributed by atoms with Crippen LogP contribution in [0.25, 0.3) is 10.9 Å². The fraction of sp³-hybridized carbons (Fsp3) is 0.450. The number of carboxylic acid groups (broad SMARTS) is 1. The second kappa shape index (κ2) is 4.73. The molecule has 1 aliphatic carbocycles. The second-order valence-corrected chi connectivity index (χ2v) is 7.51. The number of carbonyl (C=O) groups is 1. The Bertz CT molecular complexity index is 881. The molecule has 3 aliphatic heterocycles. The van der Waals surface area contributed by atoms with E-state index in [0.717, 1.165) is 37.1 Å². The minimum atomic E-state index is -0.826. The van der Waals surface area contributed by atoms with E-state index in [1.165, 1.54) is 16.5 Å². The van der Waals surface area contributed by atoms with Crippen LogP contribution < -0.4 is 0 Å². The quantitative estimate of drug-likeness (QED) is 0.836. The summed E-state index contributed by atoms with van der Waals surface area (Å²) in [6.45, 7) is 4.11. The third kappa shape index (κ3) is 1.59. The summed E-state index contributed by atoms with van der Waals surface area (Å²) in [5, 5.41) is 11.6. The molecule has 4 nitrogen and oxygen atoms in total. The molecule has 0 spiro atoms. The second-order valence-electron chi connectivity index (χ2n) is 7.51. The average Bonchev–Trinajstić information content (AvgIpc) is 2.94. The van der Waals surface area contributed by atoms with E-state index in [9.17, 15) is 9.90 Å². The van der Waals surface area contributed by atoms with Gasteiger partial charge in [0.05, 0.1) is 6.04 Å². The molecule has 1 saturated heterocycles. The lowest BCUT2D eigenvalue weighted by molar-refractivity contribution is -0.150. The van der Waals surface area contributed by atoms with E-state index in [-0.39, 0.29) is 6.04 Å². The van der Waals surface area contributed by atoms with Crippen molar-refractivity contribution in [1.29, 1.82) is 0 Å². The molecule has 2 N–H and O–H groups in total. The number of aromatic amines is 1. The molecule has 24 heavy (non-hydrogen) atoms. The van der Waals surface area contributed by atoms with Crippen molar-refractivity contribution in [3.63, 3.8) is 0 Å². The Morgan fingerprint density at radius 1 is 1.42 bits per heavy atom. The molecule has 0 saturated carbocycles. The van der Waals surface area contributed by atoms with Crippen molar-refractivity contribution >= 4 is 16.9 Å². The van der Waals surface area contributed by atoms with E-state index in [2.05, 4.69) is 35.0 Å². The maximum absolute atomic E-state index is 12.7. The SMILES string of the molecule is CCC1=CC2CN3CCc4c([nH]c5ccccc45)[C@@](C(=O)O)(C2)[C@@H]13. The normalized spacial score (nSPS) is 33.9. The van der Waals surface area contributed by atoms with Gasteiger partial charge in [0.2, 0.25) is 0 Å². The first-order chi connectivity index (χ1) is 11.6. The van der Waals surface area contributed by atoms with Crippen LogP contribution in [0.3, 0.4) is 0 Å². The van der Waals surface area contributed by atoms with Gasteiger partial charge in [0, 0.05) is 29.7 Å². The van der Waals surface area contributed by atoms with Crippen molar-refractivity contribution < 1.29 is 9.90 Å². The standard InChI is InChI=1S/C20H22N2O2/c1-2-13-9-12-10-20(19(23)24)17-15(7-8-22(11-12)18(13)20)14-5-3-4-6-16(14)21-17/h3-6,9,12,18,21H,2,7-8,10-11H2,1H3,(H,23,24)/t12?,18-,20+/m1/s1. The highest BCUT2D eigenvalue weighted by atomic mass is 16.4. The van der Waals surface area contributed by atoms with Crippen LogP contribution in [-0.4, -0.2) is 40.1 Å². The molecule has 124 valence electrons. The molecular weight excluding hydrogens is 300 g/mol. The van der Waals surface area contributed by atoms with Gasteiger partial charge in [-0.3, -0.25) is 9.69 Å². The first-order valence-electron chi connectivity index (χ1n) is 8.93. The Morgan fingerprint density at radius 3 is 3.04 bits per heavy atom. The Balaban J connectivity index is 1.84. The number of nitrogens with zero attached hydrogens (tertiary/aromatic N) is 1. The molecule has 4 bridgehead atoms. The van der Waals surface area contributed by atoms with Crippen molar-refractivity contribution in [3.05, 3.63) is 47.2 Å². The third-order valence-corrected chi connectivity index (χ3v) is 6.38. The van der Waals surface area contributed by atoms with Gasteiger partial charge in [-0.15, -0.1) is 0 Å². The molecule has 6 rings (SSSR count). The van der Waals surface area contributed by atoms with Crippen LogP contribution in [0.4, 0.5) is 0 Å². The zero-order valence-electron chi connectivity index (χ0n) is 13.9. The van der Waals surface area contributed by atoms with Gasteiger partial charge in [-0.1, -0.05) is 36.8 Å². The van der Waals surface area contributed by atoms with E-state index >= 15 is 0 Å². The van der Waals surface area contributed by atoms with Gasteiger partial charge < -0.3 is 10.1 Å². The number of piperidine rings is 1. The number of rotatable bonds is 2. The summed E-state index contributed by atoms with van der Waals surface area (Å²) >= 11 is 0. The molecule has 4 heteroatoms. The van der Waals surface area contributed by atoms with Crippen molar-refractivity contribution in [2.45, 2.75) is 37.6 Å². The zero-order chi connectivity index (χ0) is 16.5. The smallest absolute Gasteiger partial charge is 0.317 e. The van der Waals surface area contributed by atoms with Crippen molar-refractivity contribution in [2.24, 2.45) is 5.92 Å². The lowest BCUT2D eigenvalue weighted by Crippen LogP contribution is -2.63. The first-order valence-corrected chi connectivity index (χ1v) is 8.93. The van der Waals surface area contributed by atoms with Crippen LogP contribution in [-0.2, 0) is 16.6 Å². The van der Waals surface area contributed by atoms with Gasteiger partial charge in [-0.05, 0) is 36.8 Å². The van der Waals surface area contributed by atoms with Crippen LogP contribution in [0.15, 0.2) is 35.9 Å². The van der Waals surface area contributed by atoms with Crippen molar-refractivity contribution in [3.8, 4) is 0 Å².